The van der Waals surface area contributed by atoms with Crippen molar-refractivity contribution in [3.63, 3.8) is 0 Å². The van der Waals surface area contributed by atoms with Gasteiger partial charge >= 0.3 is 0 Å². The molecule has 19 heavy (non-hydrogen) atoms. The highest BCUT2D eigenvalue weighted by Crippen LogP contribution is 2.14. The first-order chi connectivity index (χ1) is 9.00. The van der Waals surface area contributed by atoms with Gasteiger partial charge in [0.05, 0.1) is 6.04 Å². The van der Waals surface area contributed by atoms with Crippen LogP contribution >= 0.6 is 0 Å². The van der Waals surface area contributed by atoms with Crippen molar-refractivity contribution >= 4 is 5.91 Å². The number of hydrogen-bond acceptors (Lipinski definition) is 3. The molecule has 4 heteroatoms. The molecule has 0 aliphatic rings. The van der Waals surface area contributed by atoms with E-state index in [0.717, 1.165) is 12.0 Å². The number of nitrogens with two attached hydrogens (primary N) is 1. The minimum atomic E-state index is -0.563. The van der Waals surface area contributed by atoms with E-state index in [2.05, 4.69) is 5.32 Å². The van der Waals surface area contributed by atoms with Gasteiger partial charge < -0.3 is 16.2 Å². The Kier molecular flexibility index (Phi) is 5.99. The summed E-state index contributed by atoms with van der Waals surface area (Å²) in [6.45, 7) is 3.97. The zero-order chi connectivity index (χ0) is 14.3. The molecule has 1 rings (SSSR count). The van der Waals surface area contributed by atoms with Gasteiger partial charge in [-0.15, -0.1) is 0 Å². The molecule has 0 aliphatic heterocycles. The molecule has 0 fully saturated rings. The quantitative estimate of drug-likeness (QED) is 0.693. The smallest absolute Gasteiger partial charge is 0.237 e. The second-order valence-corrected chi connectivity index (χ2v) is 5.17. The van der Waals surface area contributed by atoms with Gasteiger partial charge in [0.25, 0.3) is 0 Å². The van der Waals surface area contributed by atoms with E-state index in [4.69, 9.17) is 10.8 Å². The Hall–Kier alpha value is -1.39. The molecule has 4 nitrogen and oxygen atoms in total. The Morgan fingerprint density at radius 3 is 2.58 bits per heavy atom. The van der Waals surface area contributed by atoms with Crippen molar-refractivity contribution in [2.75, 3.05) is 6.61 Å². The maximum Gasteiger partial charge on any atom is 0.237 e. The molecule has 4 N–H and O–H groups in total. The number of carbonyl (C=O) groups excluding carboxylic acids is 1. The van der Waals surface area contributed by atoms with Gasteiger partial charge in [0.2, 0.25) is 5.91 Å². The van der Waals surface area contributed by atoms with Crippen LogP contribution in [0, 0.1) is 0 Å². The number of aliphatic hydroxyl groups is 1. The summed E-state index contributed by atoms with van der Waals surface area (Å²) in [4.78, 5) is 12.1. The van der Waals surface area contributed by atoms with Gasteiger partial charge in [0, 0.05) is 12.1 Å². The predicted molar refractivity (Wildman–Crippen MR) is 76.7 cm³/mol. The summed E-state index contributed by atoms with van der Waals surface area (Å²) in [5, 5.41) is 12.0. The van der Waals surface area contributed by atoms with Gasteiger partial charge in [-0.05, 0) is 31.7 Å². The normalized spacial score (nSPS) is 15.6. The number of nitrogens with one attached hydrogen (secondary N) is 1. The Morgan fingerprint density at radius 2 is 2.05 bits per heavy atom. The van der Waals surface area contributed by atoms with Gasteiger partial charge in [-0.1, -0.05) is 37.3 Å². The molecule has 0 radical (unpaired) electrons. The summed E-state index contributed by atoms with van der Waals surface area (Å²) in [6, 6.07) is 9.15. The number of carbonyl (C=O) groups is 1. The van der Waals surface area contributed by atoms with Crippen LogP contribution in [0.1, 0.15) is 32.3 Å². The average molecular weight is 264 g/mol. The van der Waals surface area contributed by atoms with Crippen molar-refractivity contribution in [3.05, 3.63) is 35.9 Å². The molecule has 2 atom stereocenters. The number of rotatable bonds is 7. The monoisotopic (exact) mass is 264 g/mol. The lowest BCUT2D eigenvalue weighted by atomic mass is 9.94. The number of amides is 1. The van der Waals surface area contributed by atoms with Crippen LogP contribution < -0.4 is 11.1 Å². The molecular weight excluding hydrogens is 240 g/mol. The van der Waals surface area contributed by atoms with Gasteiger partial charge in [-0.2, -0.15) is 0 Å². The van der Waals surface area contributed by atoms with Crippen molar-refractivity contribution in [1.82, 2.24) is 5.32 Å². The first kappa shape index (κ1) is 15.7. The van der Waals surface area contributed by atoms with E-state index in [0.29, 0.717) is 12.8 Å². The Labute approximate surface area is 115 Å². The highest BCUT2D eigenvalue weighted by molar-refractivity contribution is 5.82. The number of benzene rings is 1. The molecule has 0 heterocycles. The molecule has 1 aromatic rings. The van der Waals surface area contributed by atoms with Crippen molar-refractivity contribution in [3.8, 4) is 0 Å². The summed E-state index contributed by atoms with van der Waals surface area (Å²) >= 11 is 0. The average Bonchev–Trinajstić information content (AvgIpc) is 2.40. The Balaban J connectivity index is 2.57. The molecule has 0 spiro atoms. The molecule has 0 bridgehead atoms. The van der Waals surface area contributed by atoms with Crippen LogP contribution in [-0.2, 0) is 11.2 Å². The van der Waals surface area contributed by atoms with E-state index in [1.54, 1.807) is 0 Å². The minimum absolute atomic E-state index is 0.0541. The SMILES string of the molecule is CCC(C)(CCO)NC(=O)[C@H](N)Cc1ccccc1. The summed E-state index contributed by atoms with van der Waals surface area (Å²) in [7, 11) is 0. The fraction of sp³-hybridized carbons (Fsp3) is 0.533. The van der Waals surface area contributed by atoms with Gasteiger partial charge in [-0.3, -0.25) is 4.79 Å². The molecular formula is C15H24N2O2. The van der Waals surface area contributed by atoms with Gasteiger partial charge in [0.15, 0.2) is 0 Å². The van der Waals surface area contributed by atoms with Crippen LogP contribution in [0.25, 0.3) is 0 Å². The van der Waals surface area contributed by atoms with E-state index in [9.17, 15) is 4.79 Å². The molecule has 106 valence electrons. The minimum Gasteiger partial charge on any atom is -0.396 e. The van der Waals surface area contributed by atoms with Crippen molar-refractivity contribution < 1.29 is 9.90 Å². The molecule has 1 unspecified atom stereocenters. The largest absolute Gasteiger partial charge is 0.396 e. The first-order valence-electron chi connectivity index (χ1n) is 6.73. The van der Waals surface area contributed by atoms with Crippen LogP contribution in [0.4, 0.5) is 0 Å². The van der Waals surface area contributed by atoms with Crippen molar-refractivity contribution in [2.45, 2.75) is 44.7 Å². The fourth-order valence-electron chi connectivity index (χ4n) is 1.93. The molecule has 0 aliphatic carbocycles. The van der Waals surface area contributed by atoms with E-state index in [1.165, 1.54) is 0 Å². The fourth-order valence-corrected chi connectivity index (χ4v) is 1.93. The van der Waals surface area contributed by atoms with Crippen LogP contribution in [0.2, 0.25) is 0 Å². The Morgan fingerprint density at radius 1 is 1.42 bits per heavy atom. The second kappa shape index (κ2) is 7.26. The van der Waals surface area contributed by atoms with Crippen molar-refractivity contribution in [2.24, 2.45) is 5.73 Å². The highest BCUT2D eigenvalue weighted by Gasteiger charge is 2.26. The summed E-state index contributed by atoms with van der Waals surface area (Å²) in [6.07, 6.45) is 1.82. The third-order valence-electron chi connectivity index (χ3n) is 3.50. The molecule has 0 aromatic heterocycles. The van der Waals surface area contributed by atoms with Gasteiger partial charge in [0.1, 0.15) is 0 Å². The molecule has 1 amide bonds. The van der Waals surface area contributed by atoms with E-state index >= 15 is 0 Å². The summed E-state index contributed by atoms with van der Waals surface area (Å²) < 4.78 is 0. The van der Waals surface area contributed by atoms with Crippen LogP contribution in [0.5, 0.6) is 0 Å². The lowest BCUT2D eigenvalue weighted by molar-refractivity contribution is -0.124. The van der Waals surface area contributed by atoms with E-state index in [-0.39, 0.29) is 18.1 Å². The lowest BCUT2D eigenvalue weighted by Gasteiger charge is -2.30. The molecule has 0 saturated heterocycles. The molecule has 1 aromatic carbocycles. The van der Waals surface area contributed by atoms with E-state index < -0.39 is 6.04 Å². The number of hydrogen-bond donors (Lipinski definition) is 3. The third kappa shape index (κ3) is 5.01. The maximum atomic E-state index is 12.1. The first-order valence-corrected chi connectivity index (χ1v) is 6.73. The lowest BCUT2D eigenvalue weighted by Crippen LogP contribution is -2.52. The Bertz CT molecular complexity index is 394. The zero-order valence-corrected chi connectivity index (χ0v) is 11.7. The maximum absolute atomic E-state index is 12.1. The molecule has 0 saturated carbocycles. The van der Waals surface area contributed by atoms with Crippen LogP contribution in [0.3, 0.4) is 0 Å². The van der Waals surface area contributed by atoms with Crippen LogP contribution in [0.15, 0.2) is 30.3 Å². The van der Waals surface area contributed by atoms with Crippen molar-refractivity contribution in [1.29, 1.82) is 0 Å². The summed E-state index contributed by atoms with van der Waals surface area (Å²) in [5.74, 6) is -0.165. The standard InChI is InChI=1S/C15H24N2O2/c1-3-15(2,9-10-18)17-14(19)13(16)11-12-7-5-4-6-8-12/h4-8,13,18H,3,9-11,16H2,1-2H3,(H,17,19)/t13-,15?/m1/s1. The van der Waals surface area contributed by atoms with Gasteiger partial charge in [-0.25, -0.2) is 0 Å². The van der Waals surface area contributed by atoms with E-state index in [1.807, 2.05) is 44.2 Å². The number of aliphatic hydroxyl groups excluding tert-OH is 1. The second-order valence-electron chi connectivity index (χ2n) is 5.17. The third-order valence-corrected chi connectivity index (χ3v) is 3.50. The topological polar surface area (TPSA) is 75.3 Å². The summed E-state index contributed by atoms with van der Waals surface area (Å²) in [5.41, 5.74) is 6.59. The predicted octanol–water partition coefficient (Wildman–Crippen LogP) is 1.22. The zero-order valence-electron chi connectivity index (χ0n) is 11.7. The highest BCUT2D eigenvalue weighted by atomic mass is 16.3. The van der Waals surface area contributed by atoms with Crippen LogP contribution in [-0.4, -0.2) is 29.2 Å².